The second-order valence-corrected chi connectivity index (χ2v) is 25.1. The number of amides is 1. The van der Waals surface area contributed by atoms with Crippen LogP contribution in [0.5, 0.6) is 34.5 Å². The first kappa shape index (κ1) is 86.0. The third-order valence-electron chi connectivity index (χ3n) is 15.6. The lowest BCUT2D eigenvalue weighted by Gasteiger charge is -2.17. The number of allylic oxidation sites excluding steroid dienone is 1. The summed E-state index contributed by atoms with van der Waals surface area (Å²) in [6.07, 6.45) is 14.1. The minimum absolute atomic E-state index is 0.0878. The highest BCUT2D eigenvalue weighted by atomic mass is 35.5. The standard InChI is InChI=1S/C26H27N5O4.C23H23N5O5.C23H25N5O3.C3H3ClO.C2H3N.CH4O3S/c1-5-25(32)28-21-14-20(23(34-4)15-24(21)35-13-12-33-3)30-26-27-11-10-19(29-26)18-16-31(2)22-9-7-6-8-17(18)22;1-27-14-16(15-6-4-5-7-19(15)27)17-8-9-24-23(25-17)26-18-12-20(28(29)30)22(13-21(18)32-3)33-11-10-31-2;1-28-14-16(15-6-4-5-7-20(15)28)18-8-9-25-23(26-18)27-19-12-17(24)21(13-22(19)30-3)31-11-10-29-2;1-2-3(4)5;1-2-3;1-5(2,3)4/h5-11,14-16H,1,12-13H2,2-4H3,(H,28,32)(H,27,29,30);4-9,12-14H,10-11H2,1-3H3,(H,24,25,26);4-9,12-14H,10-11,24H2,1-3H3,(H,25,26,27);2H,1H2;1H3;1H3,(H,2,3,4). The zero-order valence-corrected chi connectivity index (χ0v) is 64.8. The number of nitrogens with two attached hydrogens (primary N) is 1. The minimum atomic E-state index is -3.67. The van der Waals surface area contributed by atoms with Crippen molar-refractivity contribution in [3.8, 4) is 74.3 Å². The number of rotatable bonds is 28. The van der Waals surface area contributed by atoms with Gasteiger partial charge < -0.3 is 83.3 Å². The van der Waals surface area contributed by atoms with Gasteiger partial charge in [0.15, 0.2) is 0 Å². The van der Waals surface area contributed by atoms with E-state index in [4.69, 9.17) is 79.7 Å². The Morgan fingerprint density at radius 3 is 1.23 bits per heavy atom. The van der Waals surface area contributed by atoms with E-state index in [0.717, 1.165) is 72.6 Å². The summed E-state index contributed by atoms with van der Waals surface area (Å²) in [5, 5.41) is 33.9. The van der Waals surface area contributed by atoms with Gasteiger partial charge in [0.25, 0.3) is 10.1 Å². The Labute approximate surface area is 651 Å². The van der Waals surface area contributed by atoms with Crippen molar-refractivity contribution in [2.45, 2.75) is 6.92 Å². The van der Waals surface area contributed by atoms with Gasteiger partial charge in [-0.05, 0) is 72.3 Å². The van der Waals surface area contributed by atoms with E-state index in [-0.39, 0.29) is 29.9 Å². The van der Waals surface area contributed by atoms with Crippen molar-refractivity contribution >= 4 is 118 Å². The molecule has 1 amide bonds. The average molecular weight is 1570 g/mol. The lowest BCUT2D eigenvalue weighted by atomic mass is 10.1. The molecular formula is C78H85ClN16O16S. The van der Waals surface area contributed by atoms with Gasteiger partial charge in [-0.3, -0.25) is 24.3 Å². The molecule has 0 spiro atoms. The lowest BCUT2D eigenvalue weighted by molar-refractivity contribution is -0.385. The number of nitrogens with zero attached hydrogens (tertiary/aromatic N) is 11. The molecule has 0 aliphatic heterocycles. The van der Waals surface area contributed by atoms with Crippen LogP contribution in [0.25, 0.3) is 66.5 Å². The molecule has 12 aromatic rings. The number of nitriles is 1. The summed E-state index contributed by atoms with van der Waals surface area (Å²) in [5.41, 5.74) is 17.1. The highest BCUT2D eigenvalue weighted by Gasteiger charge is 2.23. The quantitative estimate of drug-likeness (QED) is 0.00504. The molecular weight excluding hydrogens is 1480 g/mol. The molecule has 0 radical (unpaired) electrons. The maximum atomic E-state index is 12.0. The Kier molecular flexibility index (Phi) is 32.6. The van der Waals surface area contributed by atoms with Gasteiger partial charge in [-0.25, -0.2) is 29.9 Å². The molecule has 0 unspecified atom stereocenters. The highest BCUT2D eigenvalue weighted by Crippen LogP contribution is 2.42. The van der Waals surface area contributed by atoms with Gasteiger partial charge in [0, 0.05) is 160 Å². The zero-order valence-electron chi connectivity index (χ0n) is 63.3. The first-order valence-electron chi connectivity index (χ1n) is 33.7. The van der Waals surface area contributed by atoms with E-state index in [1.807, 2.05) is 105 Å². The van der Waals surface area contributed by atoms with Crippen LogP contribution in [0.3, 0.4) is 0 Å². The number of nitro groups is 1. The fourth-order valence-corrected chi connectivity index (χ4v) is 10.7. The van der Waals surface area contributed by atoms with Crippen LogP contribution in [0.4, 0.5) is 52.0 Å². The zero-order chi connectivity index (χ0) is 81.4. The number of methoxy groups -OCH3 is 6. The van der Waals surface area contributed by atoms with E-state index in [9.17, 15) is 28.1 Å². The minimum Gasteiger partial charge on any atom is -0.494 e. The Hall–Kier alpha value is -13.2. The third-order valence-corrected chi connectivity index (χ3v) is 15.7. The number of nitrogen functional groups attached to an aromatic ring is 1. The molecule has 34 heteroatoms. The van der Waals surface area contributed by atoms with Crippen LogP contribution >= 0.6 is 11.6 Å². The molecule has 112 heavy (non-hydrogen) atoms. The molecule has 6 aromatic carbocycles. The molecule has 0 fully saturated rings. The van der Waals surface area contributed by atoms with Gasteiger partial charge in [-0.2, -0.15) is 13.7 Å². The van der Waals surface area contributed by atoms with Crippen molar-refractivity contribution in [1.82, 2.24) is 43.6 Å². The Morgan fingerprint density at radius 1 is 0.554 bits per heavy atom. The molecule has 0 bridgehead atoms. The van der Waals surface area contributed by atoms with Crippen molar-refractivity contribution < 1.29 is 70.1 Å². The van der Waals surface area contributed by atoms with Crippen molar-refractivity contribution in [3.05, 3.63) is 200 Å². The predicted octanol–water partition coefficient (Wildman–Crippen LogP) is 13.8. The van der Waals surface area contributed by atoms with Crippen molar-refractivity contribution in [3.63, 3.8) is 0 Å². The SMILES string of the molecule is C=CC(=O)Cl.C=CC(=O)Nc1cc(Nc2nccc(-c3cn(C)c4ccccc34)n2)c(OC)cc1OCCOC.CC#N.COCCOc1cc(OC)c(Nc2nccc(-c3cn(C)c4ccccc34)n2)cc1N.COCCOc1cc(OC)c(Nc2nccc(-c3cn(C)c4ccccc34)n2)cc1[N+](=O)[O-].CS(=O)(=O)O. The summed E-state index contributed by atoms with van der Waals surface area (Å²) in [6.45, 7) is 10.1. The predicted molar refractivity (Wildman–Crippen MR) is 432 cm³/mol. The van der Waals surface area contributed by atoms with Gasteiger partial charge in [-0.15, -0.1) is 0 Å². The summed E-state index contributed by atoms with van der Waals surface area (Å²) >= 11 is 4.71. The molecule has 32 nitrogen and oxygen atoms in total. The monoisotopic (exact) mass is 1570 g/mol. The Bertz CT molecular complexity index is 5390. The summed E-state index contributed by atoms with van der Waals surface area (Å²) in [4.78, 5) is 59.7. The van der Waals surface area contributed by atoms with Gasteiger partial charge in [0.05, 0.1) is 104 Å². The summed E-state index contributed by atoms with van der Waals surface area (Å²) in [5.74, 6) is 3.20. The number of fused-ring (bicyclic) bond motifs is 3. The number of nitro benzene ring substituents is 1. The number of anilines is 8. The van der Waals surface area contributed by atoms with Crippen LogP contribution in [0.15, 0.2) is 190 Å². The lowest BCUT2D eigenvalue weighted by Crippen LogP contribution is -2.12. The number of aromatic nitrogens is 9. The van der Waals surface area contributed by atoms with Crippen LogP contribution in [0, 0.1) is 21.4 Å². The molecule has 12 rings (SSSR count). The average Bonchev–Trinajstić information content (AvgIpc) is 1.48. The molecule has 7 N–H and O–H groups in total. The number of ether oxygens (including phenoxy) is 9. The van der Waals surface area contributed by atoms with Gasteiger partial charge in [0.2, 0.25) is 34.7 Å². The molecule has 6 heterocycles. The van der Waals surface area contributed by atoms with E-state index >= 15 is 0 Å². The molecule has 0 aliphatic carbocycles. The first-order chi connectivity index (χ1) is 53.8. The van der Waals surface area contributed by atoms with Crippen molar-refractivity contribution in [2.24, 2.45) is 21.1 Å². The molecule has 0 saturated carbocycles. The summed E-state index contributed by atoms with van der Waals surface area (Å²) in [7, 11) is 11.7. The van der Waals surface area contributed by atoms with E-state index in [0.29, 0.717) is 108 Å². The number of benzene rings is 6. The number of hydrogen-bond donors (Lipinski definition) is 6. The number of aryl methyl sites for hydroxylation is 3. The van der Waals surface area contributed by atoms with Crippen LogP contribution < -0.4 is 55.4 Å². The van der Waals surface area contributed by atoms with Crippen LogP contribution in [0.2, 0.25) is 0 Å². The van der Waals surface area contributed by atoms with Gasteiger partial charge in [-0.1, -0.05) is 67.8 Å². The third kappa shape index (κ3) is 24.4. The van der Waals surface area contributed by atoms with Crippen molar-refractivity contribution in [2.75, 3.05) is 116 Å². The second kappa shape index (κ2) is 42.5. The normalized spacial score (nSPS) is 10.5. The number of para-hydroxylation sites is 3. The topological polar surface area (TPSA) is 405 Å². The molecule has 586 valence electrons. The fraction of sp³-hybridized carbons (Fsp3) is 0.218. The summed E-state index contributed by atoms with van der Waals surface area (Å²) in [6, 6.07) is 41.4. The van der Waals surface area contributed by atoms with E-state index in [1.165, 1.54) is 39.4 Å². The number of carbonyl (C=O) groups is 2. The molecule has 0 aliphatic rings. The Morgan fingerprint density at radius 2 is 0.884 bits per heavy atom. The van der Waals surface area contributed by atoms with Gasteiger partial charge >= 0.3 is 5.69 Å². The van der Waals surface area contributed by atoms with Crippen molar-refractivity contribution in [1.29, 1.82) is 5.26 Å². The Balaban J connectivity index is 0.000000216. The van der Waals surface area contributed by atoms with Gasteiger partial charge in [0.1, 0.15) is 48.6 Å². The van der Waals surface area contributed by atoms with Crippen LogP contribution in [-0.2, 0) is 55.1 Å². The van der Waals surface area contributed by atoms with Crippen LogP contribution in [0.1, 0.15) is 6.92 Å². The molecule has 6 aromatic heterocycles. The second-order valence-electron chi connectivity index (χ2n) is 23.3. The number of nitrogens with one attached hydrogen (secondary N) is 4. The first-order valence-corrected chi connectivity index (χ1v) is 35.9. The fourth-order valence-electron chi connectivity index (χ4n) is 10.7. The molecule has 0 atom stereocenters. The number of carbonyl (C=O) groups excluding carboxylic acids is 2. The smallest absolute Gasteiger partial charge is 0.313 e. The van der Waals surface area contributed by atoms with Crippen LogP contribution in [-0.4, -0.2) is 161 Å². The highest BCUT2D eigenvalue weighted by molar-refractivity contribution is 7.85. The summed E-state index contributed by atoms with van der Waals surface area (Å²) < 4.78 is 80.5. The van der Waals surface area contributed by atoms with E-state index < -0.39 is 20.3 Å². The molecule has 0 saturated heterocycles. The maximum Gasteiger partial charge on any atom is 0.313 e. The number of hydrogen-bond acceptors (Lipinski definition) is 26. The van der Waals surface area contributed by atoms with E-state index in [1.54, 1.807) is 77.4 Å². The maximum absolute atomic E-state index is 12.0. The number of halogens is 1. The van der Waals surface area contributed by atoms with E-state index in [2.05, 4.69) is 94.0 Å². The largest absolute Gasteiger partial charge is 0.494 e.